The van der Waals surface area contributed by atoms with Crippen molar-refractivity contribution in [3.05, 3.63) is 50.9 Å². The summed E-state index contributed by atoms with van der Waals surface area (Å²) >= 11 is 11.9. The second-order valence-electron chi connectivity index (χ2n) is 6.21. The van der Waals surface area contributed by atoms with Gasteiger partial charge in [0.15, 0.2) is 0 Å². The second-order valence-corrected chi connectivity index (χ2v) is 6.99. The normalized spacial score (nSPS) is 12.4. The van der Waals surface area contributed by atoms with E-state index in [2.05, 4.69) is 9.72 Å². The first-order valence-electron chi connectivity index (χ1n) is 8.19. The minimum Gasteiger partial charge on any atom is -0.468 e. The van der Waals surface area contributed by atoms with E-state index in [-0.39, 0.29) is 5.69 Å². The molecular formula is C19H13Cl2F4NO4. The number of ketones is 2. The Labute approximate surface area is 177 Å². The summed E-state index contributed by atoms with van der Waals surface area (Å²) in [5.74, 6) is -5.81. The number of aromatic nitrogens is 1. The fourth-order valence-corrected chi connectivity index (χ4v) is 3.06. The van der Waals surface area contributed by atoms with Crippen LogP contribution in [0.2, 0.25) is 10.0 Å². The maximum Gasteiger partial charge on any atom is 0.418 e. The molecule has 1 heterocycles. The molecule has 0 amide bonds. The summed E-state index contributed by atoms with van der Waals surface area (Å²) in [6.07, 6.45) is -4.24. The zero-order valence-corrected chi connectivity index (χ0v) is 17.2. The molecule has 0 saturated heterocycles. The minimum atomic E-state index is -4.73. The van der Waals surface area contributed by atoms with Crippen molar-refractivity contribution in [3.8, 4) is 11.3 Å². The molecule has 0 aliphatic carbocycles. The Hall–Kier alpha value is -2.52. The van der Waals surface area contributed by atoms with Crippen molar-refractivity contribution in [3.63, 3.8) is 0 Å². The first-order valence-corrected chi connectivity index (χ1v) is 8.94. The van der Waals surface area contributed by atoms with Gasteiger partial charge in [-0.05, 0) is 31.5 Å². The van der Waals surface area contributed by atoms with Gasteiger partial charge in [0.2, 0.25) is 11.6 Å². The molecule has 0 radical (unpaired) electrons. The van der Waals surface area contributed by atoms with Gasteiger partial charge in [0.1, 0.15) is 11.7 Å². The number of Topliss-reactive ketones (excluding diaryl/α,β-unsaturated/α-hetero) is 2. The van der Waals surface area contributed by atoms with Crippen LogP contribution in [-0.4, -0.2) is 29.6 Å². The first kappa shape index (κ1) is 23.8. The fourth-order valence-electron chi connectivity index (χ4n) is 2.57. The van der Waals surface area contributed by atoms with Crippen LogP contribution in [0.3, 0.4) is 0 Å². The van der Waals surface area contributed by atoms with Crippen LogP contribution in [0.1, 0.15) is 28.4 Å². The highest BCUT2D eigenvalue weighted by atomic mass is 35.5. The molecule has 1 aromatic heterocycles. The lowest BCUT2D eigenvalue weighted by Gasteiger charge is -2.15. The largest absolute Gasteiger partial charge is 0.468 e. The molecule has 11 heteroatoms. The van der Waals surface area contributed by atoms with E-state index in [0.717, 1.165) is 27.0 Å². The summed E-state index contributed by atoms with van der Waals surface area (Å²) in [6, 6.07) is 1.55. The highest BCUT2D eigenvalue weighted by Crippen LogP contribution is 2.39. The van der Waals surface area contributed by atoms with Gasteiger partial charge in [0.25, 0.3) is 0 Å². The number of esters is 1. The monoisotopic (exact) mass is 465 g/mol. The van der Waals surface area contributed by atoms with Crippen LogP contribution < -0.4 is 0 Å². The number of alkyl halides is 3. The molecule has 0 fully saturated rings. The van der Waals surface area contributed by atoms with Crippen LogP contribution in [0.25, 0.3) is 11.3 Å². The number of ether oxygens (including phenoxy) is 1. The van der Waals surface area contributed by atoms with Crippen LogP contribution in [0.15, 0.2) is 18.3 Å². The van der Waals surface area contributed by atoms with Gasteiger partial charge in [0, 0.05) is 17.3 Å². The molecule has 160 valence electrons. The summed E-state index contributed by atoms with van der Waals surface area (Å²) in [6.45, 7) is 2.22. The van der Waals surface area contributed by atoms with E-state index >= 15 is 0 Å². The van der Waals surface area contributed by atoms with Crippen LogP contribution in [0, 0.1) is 18.7 Å². The van der Waals surface area contributed by atoms with Gasteiger partial charge in [-0.25, -0.2) is 4.39 Å². The van der Waals surface area contributed by atoms with Gasteiger partial charge in [-0.1, -0.05) is 23.2 Å². The molecule has 0 bridgehead atoms. The van der Waals surface area contributed by atoms with E-state index in [1.807, 2.05) is 0 Å². The Morgan fingerprint density at radius 1 is 1.17 bits per heavy atom. The van der Waals surface area contributed by atoms with Gasteiger partial charge < -0.3 is 4.74 Å². The Morgan fingerprint density at radius 3 is 2.30 bits per heavy atom. The predicted octanol–water partition coefficient (Wildman–Crippen LogP) is 5.08. The van der Waals surface area contributed by atoms with Crippen LogP contribution in [0.4, 0.5) is 17.6 Å². The average molecular weight is 466 g/mol. The maximum absolute atomic E-state index is 14.5. The Bertz CT molecular complexity index is 1050. The summed E-state index contributed by atoms with van der Waals surface area (Å²) in [7, 11) is 1.03. The Morgan fingerprint density at radius 2 is 1.77 bits per heavy atom. The number of carbonyl (C=O) groups is 3. The Balaban J connectivity index is 2.61. The van der Waals surface area contributed by atoms with E-state index in [4.69, 9.17) is 23.2 Å². The number of rotatable bonds is 5. The third-order valence-electron chi connectivity index (χ3n) is 4.30. The number of hydrogen-bond donors (Lipinski definition) is 0. The molecule has 5 nitrogen and oxygen atoms in total. The number of pyridine rings is 1. The van der Waals surface area contributed by atoms with Crippen molar-refractivity contribution in [1.29, 1.82) is 0 Å². The predicted molar refractivity (Wildman–Crippen MR) is 99.9 cm³/mol. The molecule has 2 rings (SSSR count). The van der Waals surface area contributed by atoms with Crippen molar-refractivity contribution in [2.45, 2.75) is 20.0 Å². The van der Waals surface area contributed by atoms with E-state index in [1.165, 1.54) is 0 Å². The SMILES string of the molecule is COC(=O)C(C)C(=O)C(=O)c1cc(-c2ncc(C(F)(F)F)c(C)c2Cl)c(F)cc1Cl. The quantitative estimate of drug-likeness (QED) is 0.202. The third-order valence-corrected chi connectivity index (χ3v) is 5.07. The highest BCUT2D eigenvalue weighted by molar-refractivity contribution is 6.50. The van der Waals surface area contributed by atoms with Crippen LogP contribution in [0.5, 0.6) is 0 Å². The minimum absolute atomic E-state index is 0.376. The lowest BCUT2D eigenvalue weighted by molar-refractivity contribution is -0.147. The molecule has 0 spiro atoms. The summed E-state index contributed by atoms with van der Waals surface area (Å²) in [4.78, 5) is 39.8. The second kappa shape index (κ2) is 8.69. The number of benzene rings is 1. The van der Waals surface area contributed by atoms with Gasteiger partial charge in [-0.15, -0.1) is 0 Å². The number of nitrogens with zero attached hydrogens (tertiary/aromatic N) is 1. The molecule has 1 unspecified atom stereocenters. The lowest BCUT2D eigenvalue weighted by atomic mass is 9.95. The fraction of sp³-hybridized carbons (Fsp3) is 0.263. The summed E-state index contributed by atoms with van der Waals surface area (Å²) < 4.78 is 57.9. The zero-order chi connectivity index (χ0) is 23.0. The first-order chi connectivity index (χ1) is 13.8. The van der Waals surface area contributed by atoms with Crippen molar-refractivity contribution in [1.82, 2.24) is 4.98 Å². The third kappa shape index (κ3) is 4.46. The summed E-state index contributed by atoms with van der Waals surface area (Å²) in [5, 5.41) is -0.926. The van der Waals surface area contributed by atoms with Crippen molar-refractivity contribution in [2.24, 2.45) is 5.92 Å². The smallest absolute Gasteiger partial charge is 0.418 e. The Kier molecular flexibility index (Phi) is 6.88. The average Bonchev–Trinajstić information content (AvgIpc) is 2.67. The van der Waals surface area contributed by atoms with Gasteiger partial charge in [-0.2, -0.15) is 13.2 Å². The summed E-state index contributed by atoms with van der Waals surface area (Å²) in [5.41, 5.74) is -2.79. The topological polar surface area (TPSA) is 73.3 Å². The molecule has 0 aliphatic heterocycles. The molecule has 30 heavy (non-hydrogen) atoms. The number of hydrogen-bond acceptors (Lipinski definition) is 5. The molecule has 0 saturated carbocycles. The highest BCUT2D eigenvalue weighted by Gasteiger charge is 2.35. The van der Waals surface area contributed by atoms with E-state index in [0.29, 0.717) is 12.3 Å². The van der Waals surface area contributed by atoms with E-state index in [9.17, 15) is 31.9 Å². The molecule has 1 aromatic carbocycles. The maximum atomic E-state index is 14.5. The van der Waals surface area contributed by atoms with E-state index in [1.54, 1.807) is 0 Å². The number of carbonyl (C=O) groups excluding carboxylic acids is 3. The molecule has 2 aromatic rings. The van der Waals surface area contributed by atoms with Gasteiger partial charge in [-0.3, -0.25) is 19.4 Å². The van der Waals surface area contributed by atoms with Crippen molar-refractivity contribution in [2.75, 3.05) is 7.11 Å². The van der Waals surface area contributed by atoms with Crippen molar-refractivity contribution < 1.29 is 36.7 Å². The zero-order valence-electron chi connectivity index (χ0n) is 15.7. The number of halogens is 6. The molecule has 1 atom stereocenters. The van der Waals surface area contributed by atoms with Crippen LogP contribution >= 0.6 is 23.2 Å². The van der Waals surface area contributed by atoms with Crippen LogP contribution in [-0.2, 0) is 20.5 Å². The van der Waals surface area contributed by atoms with Crippen molar-refractivity contribution >= 4 is 40.7 Å². The number of methoxy groups -OCH3 is 1. The molecule has 0 aliphatic rings. The molecule has 0 N–H and O–H groups in total. The van der Waals surface area contributed by atoms with Gasteiger partial charge >= 0.3 is 12.1 Å². The lowest BCUT2D eigenvalue weighted by Crippen LogP contribution is -2.29. The van der Waals surface area contributed by atoms with E-state index < -0.39 is 67.7 Å². The molecular weight excluding hydrogens is 453 g/mol. The standard InChI is InChI=1S/C19H13Cl2F4NO4/c1-7-11(19(23,24)25)6-26-15(14(7)21)10-4-9(12(20)5-13(10)22)17(28)16(27)8(2)18(29)30-3/h4-6,8H,1-3H3. The van der Waals surface area contributed by atoms with Gasteiger partial charge in [0.05, 0.1) is 28.4 Å².